The number of methoxy groups -OCH3 is 1. The number of halogens is 1. The van der Waals surface area contributed by atoms with Crippen molar-refractivity contribution >= 4 is 15.9 Å². The lowest BCUT2D eigenvalue weighted by molar-refractivity contribution is 0.297. The molecule has 0 aliphatic carbocycles. The van der Waals surface area contributed by atoms with Crippen LogP contribution in [0.4, 0.5) is 0 Å². The molecule has 5 heteroatoms. The molecule has 90 valence electrons. The number of benzene rings is 1. The van der Waals surface area contributed by atoms with Gasteiger partial charge in [-0.1, -0.05) is 0 Å². The second kappa shape index (κ2) is 5.33. The Kier molecular flexibility index (Phi) is 3.81. The van der Waals surface area contributed by atoms with Crippen LogP contribution in [0.1, 0.15) is 5.82 Å². The number of aromatic nitrogens is 2. The Balaban J connectivity index is 2.31. The zero-order valence-electron chi connectivity index (χ0n) is 9.40. The summed E-state index contributed by atoms with van der Waals surface area (Å²) < 4.78 is 5.93. The highest BCUT2D eigenvalue weighted by molar-refractivity contribution is 9.10. The van der Waals surface area contributed by atoms with E-state index in [-0.39, 0.29) is 6.61 Å². The summed E-state index contributed by atoms with van der Waals surface area (Å²) in [5.41, 5.74) is 1.84. The molecular formula is C12H13BrN2O2. The molecule has 0 aliphatic rings. The van der Waals surface area contributed by atoms with Crippen molar-refractivity contribution in [2.45, 2.75) is 6.42 Å². The summed E-state index contributed by atoms with van der Waals surface area (Å²) in [6.45, 7) is 0.0853. The number of aromatic amines is 1. The third-order valence-electron chi connectivity index (χ3n) is 2.42. The number of H-pyrrole nitrogens is 1. The standard InChI is InChI=1S/C12H13BrN2O2/c1-17-9-4-2-8(3-5-9)11-12(13)15-10(14-11)6-7-16/h2-5,16H,6-7H2,1H3,(H,14,15). The quantitative estimate of drug-likeness (QED) is 0.911. The van der Waals surface area contributed by atoms with Crippen LogP contribution in [0.5, 0.6) is 5.75 Å². The molecule has 2 aromatic rings. The topological polar surface area (TPSA) is 58.1 Å². The number of ether oxygens (including phenoxy) is 1. The molecule has 0 saturated heterocycles. The molecule has 0 amide bonds. The van der Waals surface area contributed by atoms with E-state index in [0.717, 1.165) is 27.4 Å². The molecule has 1 aromatic heterocycles. The molecule has 4 nitrogen and oxygen atoms in total. The Morgan fingerprint density at radius 3 is 2.65 bits per heavy atom. The van der Waals surface area contributed by atoms with Gasteiger partial charge in [-0.15, -0.1) is 0 Å². The minimum atomic E-state index is 0.0853. The van der Waals surface area contributed by atoms with Crippen LogP contribution in [0.3, 0.4) is 0 Å². The molecule has 1 aromatic carbocycles. The van der Waals surface area contributed by atoms with Crippen molar-refractivity contribution in [2.75, 3.05) is 13.7 Å². The largest absolute Gasteiger partial charge is 0.497 e. The SMILES string of the molecule is COc1ccc(-c2nc(CCO)[nH]c2Br)cc1. The van der Waals surface area contributed by atoms with Crippen molar-refractivity contribution in [3.05, 3.63) is 34.7 Å². The monoisotopic (exact) mass is 296 g/mol. The predicted molar refractivity (Wildman–Crippen MR) is 69.1 cm³/mol. The Labute approximate surface area is 108 Å². The maximum absolute atomic E-state index is 8.87. The maximum Gasteiger partial charge on any atom is 0.118 e. The van der Waals surface area contributed by atoms with Crippen LogP contribution in [0.25, 0.3) is 11.3 Å². The first-order valence-electron chi connectivity index (χ1n) is 5.24. The van der Waals surface area contributed by atoms with E-state index >= 15 is 0 Å². The molecule has 0 unspecified atom stereocenters. The van der Waals surface area contributed by atoms with Gasteiger partial charge in [0, 0.05) is 12.0 Å². The van der Waals surface area contributed by atoms with Gasteiger partial charge in [-0.05, 0) is 40.2 Å². The highest BCUT2D eigenvalue weighted by atomic mass is 79.9. The van der Waals surface area contributed by atoms with E-state index in [9.17, 15) is 0 Å². The summed E-state index contributed by atoms with van der Waals surface area (Å²) >= 11 is 3.43. The number of rotatable bonds is 4. The molecule has 0 atom stereocenters. The molecule has 0 radical (unpaired) electrons. The predicted octanol–water partition coefficient (Wildman–Crippen LogP) is 2.38. The number of nitrogens with one attached hydrogen (secondary N) is 1. The summed E-state index contributed by atoms with van der Waals surface area (Å²) in [7, 11) is 1.64. The summed E-state index contributed by atoms with van der Waals surface area (Å²) in [6.07, 6.45) is 0.523. The van der Waals surface area contributed by atoms with E-state index in [1.54, 1.807) is 7.11 Å². The molecule has 0 spiro atoms. The van der Waals surface area contributed by atoms with Crippen molar-refractivity contribution in [1.82, 2.24) is 9.97 Å². The van der Waals surface area contributed by atoms with E-state index in [1.807, 2.05) is 24.3 Å². The molecule has 0 aliphatic heterocycles. The summed E-state index contributed by atoms with van der Waals surface area (Å²) in [6, 6.07) is 7.68. The highest BCUT2D eigenvalue weighted by Crippen LogP contribution is 2.27. The first kappa shape index (κ1) is 12.1. The molecule has 0 fully saturated rings. The van der Waals surface area contributed by atoms with Crippen molar-refractivity contribution in [1.29, 1.82) is 0 Å². The van der Waals surface area contributed by atoms with E-state index in [0.29, 0.717) is 6.42 Å². The van der Waals surface area contributed by atoms with Gasteiger partial charge in [0.05, 0.1) is 13.7 Å². The minimum absolute atomic E-state index is 0.0853. The second-order valence-electron chi connectivity index (χ2n) is 3.55. The van der Waals surface area contributed by atoms with Crippen LogP contribution in [0.15, 0.2) is 28.9 Å². The summed E-state index contributed by atoms with van der Waals surface area (Å²) in [4.78, 5) is 7.51. The van der Waals surface area contributed by atoms with Crippen molar-refractivity contribution < 1.29 is 9.84 Å². The number of hydrogen-bond acceptors (Lipinski definition) is 3. The van der Waals surface area contributed by atoms with Gasteiger partial charge in [0.2, 0.25) is 0 Å². The molecule has 2 N–H and O–H groups in total. The fourth-order valence-corrected chi connectivity index (χ4v) is 2.11. The van der Waals surface area contributed by atoms with Gasteiger partial charge in [-0.2, -0.15) is 0 Å². The average Bonchev–Trinajstić information content (AvgIpc) is 2.71. The normalized spacial score (nSPS) is 10.5. The Hall–Kier alpha value is -1.33. The molecule has 1 heterocycles. The van der Waals surface area contributed by atoms with Crippen molar-refractivity contribution in [3.8, 4) is 17.0 Å². The molecule has 0 saturated carbocycles. The van der Waals surface area contributed by atoms with E-state index in [2.05, 4.69) is 25.9 Å². The zero-order valence-corrected chi connectivity index (χ0v) is 11.0. The maximum atomic E-state index is 8.87. The molecule has 17 heavy (non-hydrogen) atoms. The van der Waals surface area contributed by atoms with Gasteiger partial charge in [0.15, 0.2) is 0 Å². The van der Waals surface area contributed by atoms with Crippen LogP contribution >= 0.6 is 15.9 Å². The molecular weight excluding hydrogens is 284 g/mol. The smallest absolute Gasteiger partial charge is 0.118 e. The number of aliphatic hydroxyl groups is 1. The van der Waals surface area contributed by atoms with Crippen LogP contribution < -0.4 is 4.74 Å². The Bertz CT molecular complexity index is 494. The summed E-state index contributed by atoms with van der Waals surface area (Å²) in [5.74, 6) is 1.58. The third kappa shape index (κ3) is 2.68. The Morgan fingerprint density at radius 1 is 1.35 bits per heavy atom. The first-order valence-corrected chi connectivity index (χ1v) is 6.03. The van der Waals surface area contributed by atoms with Gasteiger partial charge in [0.25, 0.3) is 0 Å². The van der Waals surface area contributed by atoms with E-state index in [4.69, 9.17) is 9.84 Å². The van der Waals surface area contributed by atoms with Gasteiger partial charge in [0.1, 0.15) is 21.9 Å². The fourth-order valence-electron chi connectivity index (χ4n) is 1.56. The number of hydrogen-bond donors (Lipinski definition) is 2. The minimum Gasteiger partial charge on any atom is -0.497 e. The lowest BCUT2D eigenvalue weighted by atomic mass is 10.2. The van der Waals surface area contributed by atoms with Crippen molar-refractivity contribution in [2.24, 2.45) is 0 Å². The number of nitrogens with zero attached hydrogens (tertiary/aromatic N) is 1. The lowest BCUT2D eigenvalue weighted by Crippen LogP contribution is -1.92. The second-order valence-corrected chi connectivity index (χ2v) is 4.34. The fraction of sp³-hybridized carbons (Fsp3) is 0.250. The van der Waals surface area contributed by atoms with Crippen molar-refractivity contribution in [3.63, 3.8) is 0 Å². The van der Waals surface area contributed by atoms with Crippen LogP contribution in [-0.4, -0.2) is 28.8 Å². The number of imidazole rings is 1. The average molecular weight is 297 g/mol. The van der Waals surface area contributed by atoms with Crippen LogP contribution in [0, 0.1) is 0 Å². The number of aliphatic hydroxyl groups excluding tert-OH is 1. The van der Waals surface area contributed by atoms with Crippen LogP contribution in [0.2, 0.25) is 0 Å². The van der Waals surface area contributed by atoms with Gasteiger partial charge < -0.3 is 14.8 Å². The zero-order chi connectivity index (χ0) is 12.3. The Morgan fingerprint density at radius 2 is 2.06 bits per heavy atom. The van der Waals surface area contributed by atoms with Gasteiger partial charge in [-0.3, -0.25) is 0 Å². The lowest BCUT2D eigenvalue weighted by Gasteiger charge is -2.01. The molecule has 0 bridgehead atoms. The first-order chi connectivity index (χ1) is 8.24. The van der Waals surface area contributed by atoms with Gasteiger partial charge >= 0.3 is 0 Å². The van der Waals surface area contributed by atoms with E-state index < -0.39 is 0 Å². The highest BCUT2D eigenvalue weighted by Gasteiger charge is 2.09. The van der Waals surface area contributed by atoms with Gasteiger partial charge in [-0.25, -0.2) is 4.98 Å². The van der Waals surface area contributed by atoms with Crippen LogP contribution in [-0.2, 0) is 6.42 Å². The molecule has 2 rings (SSSR count). The van der Waals surface area contributed by atoms with E-state index in [1.165, 1.54) is 0 Å². The third-order valence-corrected chi connectivity index (χ3v) is 2.99. The summed E-state index contributed by atoms with van der Waals surface area (Å²) in [5, 5.41) is 8.87.